The van der Waals surface area contributed by atoms with E-state index in [1.54, 1.807) is 18.6 Å². The lowest BCUT2D eigenvalue weighted by Gasteiger charge is -2.19. The number of hydrogen-bond donors (Lipinski definition) is 1. The number of aromatic nitrogens is 3. The van der Waals surface area contributed by atoms with Crippen molar-refractivity contribution in [2.75, 3.05) is 22.7 Å². The standard InChI is InChI=1S/C24H21F2N5O2S/c1-15-6-7-31(13-15)24-20-9-16(2-4-22(20)28-14-29-24)17-8-19(12-27-11-17)30-34(32,33)23-5-3-18(25)10-21(23)26/h2-5,8-12,14-15,30H,6-7,13H2,1H3. The van der Waals surface area contributed by atoms with Crippen LogP contribution in [-0.4, -0.2) is 36.5 Å². The minimum Gasteiger partial charge on any atom is -0.356 e. The van der Waals surface area contributed by atoms with Gasteiger partial charge in [0.2, 0.25) is 0 Å². The average molecular weight is 482 g/mol. The third kappa shape index (κ3) is 4.28. The number of sulfonamides is 1. The van der Waals surface area contributed by atoms with Gasteiger partial charge in [-0.05, 0) is 48.2 Å². The largest absolute Gasteiger partial charge is 0.356 e. The molecule has 0 radical (unpaired) electrons. The summed E-state index contributed by atoms with van der Waals surface area (Å²) in [6.45, 7) is 4.07. The second kappa shape index (κ2) is 8.60. The van der Waals surface area contributed by atoms with Gasteiger partial charge >= 0.3 is 0 Å². The van der Waals surface area contributed by atoms with E-state index in [-0.39, 0.29) is 5.69 Å². The van der Waals surface area contributed by atoms with Crippen LogP contribution in [0.4, 0.5) is 20.3 Å². The first-order valence-electron chi connectivity index (χ1n) is 10.7. The van der Waals surface area contributed by atoms with Crippen molar-refractivity contribution in [3.63, 3.8) is 0 Å². The van der Waals surface area contributed by atoms with Gasteiger partial charge in [-0.15, -0.1) is 0 Å². The van der Waals surface area contributed by atoms with Crippen molar-refractivity contribution < 1.29 is 17.2 Å². The van der Waals surface area contributed by atoms with Gasteiger partial charge in [0.25, 0.3) is 10.0 Å². The molecule has 2 aromatic heterocycles. The molecule has 1 saturated heterocycles. The van der Waals surface area contributed by atoms with E-state index in [0.717, 1.165) is 53.9 Å². The molecule has 7 nitrogen and oxygen atoms in total. The van der Waals surface area contributed by atoms with E-state index in [4.69, 9.17) is 0 Å². The lowest BCUT2D eigenvalue weighted by molar-refractivity contribution is 0.551. The first kappa shape index (κ1) is 22.1. The monoisotopic (exact) mass is 481 g/mol. The van der Waals surface area contributed by atoms with Gasteiger partial charge in [-0.2, -0.15) is 0 Å². The Hall–Kier alpha value is -3.66. The van der Waals surface area contributed by atoms with Crippen LogP contribution in [0.3, 0.4) is 0 Å². The van der Waals surface area contributed by atoms with E-state index in [9.17, 15) is 17.2 Å². The lowest BCUT2D eigenvalue weighted by atomic mass is 10.0. The average Bonchev–Trinajstić information content (AvgIpc) is 3.24. The fourth-order valence-electron chi connectivity index (χ4n) is 4.16. The van der Waals surface area contributed by atoms with Gasteiger partial charge in [0, 0.05) is 36.3 Å². The maximum atomic E-state index is 14.0. The first-order chi connectivity index (χ1) is 16.3. The Morgan fingerprint density at radius 2 is 1.88 bits per heavy atom. The maximum absolute atomic E-state index is 14.0. The number of anilines is 2. The minimum absolute atomic E-state index is 0.152. The molecular weight excluding hydrogens is 460 g/mol. The molecule has 5 rings (SSSR count). The Kier molecular flexibility index (Phi) is 5.60. The molecular formula is C24H21F2N5O2S. The topological polar surface area (TPSA) is 88.1 Å². The molecule has 0 aliphatic carbocycles. The van der Waals surface area contributed by atoms with Crippen molar-refractivity contribution >= 4 is 32.4 Å². The second-order valence-corrected chi connectivity index (χ2v) is 10.1. The third-order valence-corrected chi connectivity index (χ3v) is 7.26. The normalized spacial score (nSPS) is 16.2. The van der Waals surface area contributed by atoms with Gasteiger partial charge in [-0.3, -0.25) is 9.71 Å². The number of benzene rings is 2. The van der Waals surface area contributed by atoms with E-state index in [0.29, 0.717) is 17.5 Å². The lowest BCUT2D eigenvalue weighted by Crippen LogP contribution is -2.20. The van der Waals surface area contributed by atoms with Crippen molar-refractivity contribution in [1.29, 1.82) is 0 Å². The van der Waals surface area contributed by atoms with Crippen LogP contribution in [0.5, 0.6) is 0 Å². The molecule has 0 spiro atoms. The molecule has 1 aliphatic heterocycles. The molecule has 4 aromatic rings. The van der Waals surface area contributed by atoms with Gasteiger partial charge in [0.15, 0.2) is 0 Å². The highest BCUT2D eigenvalue weighted by Gasteiger charge is 2.22. The van der Waals surface area contributed by atoms with Crippen molar-refractivity contribution in [3.8, 4) is 11.1 Å². The van der Waals surface area contributed by atoms with Crippen LogP contribution < -0.4 is 9.62 Å². The van der Waals surface area contributed by atoms with Crippen LogP contribution in [0.15, 0.2) is 66.1 Å². The van der Waals surface area contributed by atoms with Gasteiger partial charge in [-0.25, -0.2) is 27.2 Å². The van der Waals surface area contributed by atoms with E-state index in [1.807, 2.05) is 18.2 Å². The van der Waals surface area contributed by atoms with E-state index < -0.39 is 26.6 Å². The van der Waals surface area contributed by atoms with Crippen LogP contribution in [0.1, 0.15) is 13.3 Å². The summed E-state index contributed by atoms with van der Waals surface area (Å²) in [6, 6.07) is 9.63. The van der Waals surface area contributed by atoms with E-state index in [2.05, 4.69) is 31.5 Å². The smallest absolute Gasteiger partial charge is 0.264 e. The van der Waals surface area contributed by atoms with Gasteiger partial charge in [0.05, 0.1) is 17.4 Å². The summed E-state index contributed by atoms with van der Waals surface area (Å²) in [5.41, 5.74) is 2.42. The van der Waals surface area contributed by atoms with Crippen LogP contribution in [0.2, 0.25) is 0 Å². The first-order valence-corrected chi connectivity index (χ1v) is 12.2. The van der Waals surface area contributed by atoms with Crippen molar-refractivity contribution in [3.05, 3.63) is 72.8 Å². The summed E-state index contributed by atoms with van der Waals surface area (Å²) in [6.07, 6.45) is 5.60. The zero-order valence-electron chi connectivity index (χ0n) is 18.2. The maximum Gasteiger partial charge on any atom is 0.264 e. The zero-order valence-corrected chi connectivity index (χ0v) is 19.1. The molecule has 174 valence electrons. The molecule has 0 amide bonds. The molecule has 34 heavy (non-hydrogen) atoms. The Balaban J connectivity index is 1.49. The Labute approximate surface area is 195 Å². The van der Waals surface area contributed by atoms with Crippen LogP contribution >= 0.6 is 0 Å². The van der Waals surface area contributed by atoms with E-state index >= 15 is 0 Å². The number of fused-ring (bicyclic) bond motifs is 1. The molecule has 1 fully saturated rings. The molecule has 1 aliphatic rings. The number of nitrogens with zero attached hydrogens (tertiary/aromatic N) is 4. The number of pyridine rings is 1. The van der Waals surface area contributed by atoms with Crippen molar-refractivity contribution in [2.45, 2.75) is 18.2 Å². The van der Waals surface area contributed by atoms with Crippen molar-refractivity contribution in [2.24, 2.45) is 5.92 Å². The molecule has 1 atom stereocenters. The quantitative estimate of drug-likeness (QED) is 0.448. The van der Waals surface area contributed by atoms with Crippen LogP contribution in [0, 0.1) is 17.6 Å². The fourth-order valence-corrected chi connectivity index (χ4v) is 5.25. The van der Waals surface area contributed by atoms with Crippen LogP contribution in [-0.2, 0) is 10.0 Å². The Morgan fingerprint density at radius 3 is 2.65 bits per heavy atom. The van der Waals surface area contributed by atoms with Gasteiger partial charge in [0.1, 0.15) is 28.7 Å². The number of nitrogens with one attached hydrogen (secondary N) is 1. The summed E-state index contributed by atoms with van der Waals surface area (Å²) in [7, 11) is -4.28. The van der Waals surface area contributed by atoms with Crippen LogP contribution in [0.25, 0.3) is 22.0 Å². The molecule has 1 unspecified atom stereocenters. The van der Waals surface area contributed by atoms with E-state index in [1.165, 1.54) is 6.20 Å². The third-order valence-electron chi connectivity index (χ3n) is 5.84. The molecule has 0 bridgehead atoms. The molecule has 2 aromatic carbocycles. The summed E-state index contributed by atoms with van der Waals surface area (Å²) >= 11 is 0. The highest BCUT2D eigenvalue weighted by molar-refractivity contribution is 7.92. The highest BCUT2D eigenvalue weighted by Crippen LogP contribution is 2.32. The molecule has 0 saturated carbocycles. The predicted octanol–water partition coefficient (Wildman–Crippen LogP) is 4.62. The molecule has 1 N–H and O–H groups in total. The van der Waals surface area contributed by atoms with Crippen molar-refractivity contribution in [1.82, 2.24) is 15.0 Å². The van der Waals surface area contributed by atoms with Gasteiger partial charge in [-0.1, -0.05) is 13.0 Å². The Morgan fingerprint density at radius 1 is 1.03 bits per heavy atom. The number of rotatable bonds is 5. The number of hydrogen-bond acceptors (Lipinski definition) is 6. The zero-order chi connectivity index (χ0) is 23.9. The van der Waals surface area contributed by atoms with Gasteiger partial charge < -0.3 is 4.90 Å². The SMILES string of the molecule is CC1CCN(c2ncnc3ccc(-c4cncc(NS(=O)(=O)c5ccc(F)cc5F)c4)cc23)C1. The predicted molar refractivity (Wildman–Crippen MR) is 126 cm³/mol. The minimum atomic E-state index is -4.28. The summed E-state index contributed by atoms with van der Waals surface area (Å²) in [5, 5.41) is 0.897. The molecule has 3 heterocycles. The molecule has 10 heteroatoms. The summed E-state index contributed by atoms with van der Waals surface area (Å²) in [4.78, 5) is 14.6. The number of halogens is 2. The Bertz CT molecular complexity index is 1500. The summed E-state index contributed by atoms with van der Waals surface area (Å²) in [5.74, 6) is -0.570. The fraction of sp³-hybridized carbons (Fsp3) is 0.208. The highest BCUT2D eigenvalue weighted by atomic mass is 32.2. The second-order valence-electron chi connectivity index (χ2n) is 8.41. The summed E-state index contributed by atoms with van der Waals surface area (Å²) < 4.78 is 54.8.